The van der Waals surface area contributed by atoms with Gasteiger partial charge < -0.3 is 19.5 Å². The number of benzene rings is 1. The Bertz CT molecular complexity index is 1010. The van der Waals surface area contributed by atoms with Gasteiger partial charge in [0.2, 0.25) is 0 Å². The van der Waals surface area contributed by atoms with Gasteiger partial charge in [0.15, 0.2) is 0 Å². The number of unbranched alkanes of at least 4 members (excludes halogenated alkanes) is 1. The number of aliphatic hydroxyl groups excluding tert-OH is 1. The number of anilines is 1. The monoisotopic (exact) mass is 437 g/mol. The van der Waals surface area contributed by atoms with Crippen LogP contribution in [0.25, 0.3) is 16.6 Å². The van der Waals surface area contributed by atoms with E-state index in [9.17, 15) is 5.11 Å². The number of nitrogens with zero attached hydrogens (tertiary/aromatic N) is 3. The molecule has 0 amide bonds. The molecule has 0 atom stereocenters. The third kappa shape index (κ3) is 4.68. The van der Waals surface area contributed by atoms with Gasteiger partial charge in [-0.25, -0.2) is 4.52 Å². The largest absolute Gasteiger partial charge is 0.392 e. The fraction of sp³-hybridized carbons (Fsp3) is 0.500. The molecule has 3 heterocycles. The summed E-state index contributed by atoms with van der Waals surface area (Å²) in [4.78, 5) is 2.29. The fourth-order valence-corrected chi connectivity index (χ4v) is 4.46. The molecule has 0 aliphatic carbocycles. The molecule has 0 saturated carbocycles. The molecule has 1 saturated heterocycles. The van der Waals surface area contributed by atoms with Gasteiger partial charge in [0.25, 0.3) is 0 Å². The van der Waals surface area contributed by atoms with Crippen molar-refractivity contribution in [2.45, 2.75) is 52.7 Å². The molecule has 1 aliphatic heterocycles. The van der Waals surface area contributed by atoms with Gasteiger partial charge in [-0.1, -0.05) is 57.0 Å². The van der Waals surface area contributed by atoms with Crippen LogP contribution in [0.5, 0.6) is 0 Å². The van der Waals surface area contributed by atoms with Crippen molar-refractivity contribution in [3.8, 4) is 11.1 Å². The number of morpholine rings is 1. The Morgan fingerprint density at radius 1 is 1.06 bits per heavy atom. The number of rotatable bonds is 10. The molecule has 1 fully saturated rings. The molecule has 1 aliphatic rings. The molecule has 0 unspecified atom stereocenters. The van der Waals surface area contributed by atoms with E-state index < -0.39 is 0 Å². The van der Waals surface area contributed by atoms with Gasteiger partial charge >= 0.3 is 0 Å². The van der Waals surface area contributed by atoms with Crippen molar-refractivity contribution in [2.75, 3.05) is 37.8 Å². The first-order valence-electron chi connectivity index (χ1n) is 11.9. The van der Waals surface area contributed by atoms with Crippen LogP contribution in [0.1, 0.15) is 49.9 Å². The minimum absolute atomic E-state index is 0.0297. The summed E-state index contributed by atoms with van der Waals surface area (Å²) in [5.74, 6) is 0.954. The quantitative estimate of drug-likeness (QED) is 0.470. The maximum absolute atomic E-state index is 10.5. The smallest absolute Gasteiger partial charge is 0.150 e. The van der Waals surface area contributed by atoms with Crippen molar-refractivity contribution < 1.29 is 14.6 Å². The van der Waals surface area contributed by atoms with E-state index in [4.69, 9.17) is 14.6 Å². The second-order valence-corrected chi connectivity index (χ2v) is 8.36. The highest BCUT2D eigenvalue weighted by Crippen LogP contribution is 2.35. The standard InChI is InChI=1S/C26H35N3O3/c1-3-5-14-32-19-23-22(18-30)26-21(20-10-7-6-8-11-20)17-25(28-12-15-31-16-13-28)27-29(26)24(23)9-4-2/h6-8,10-11,17,30H,3-5,9,12-16,18-19H2,1-2H3. The van der Waals surface area contributed by atoms with Crippen LogP contribution in [-0.2, 0) is 29.1 Å². The van der Waals surface area contributed by atoms with Gasteiger partial charge in [0, 0.05) is 42.1 Å². The SMILES string of the molecule is CCCCOCc1c(CO)c2c(-c3ccccc3)cc(N3CCOCC3)nn2c1CCC. The number of aliphatic hydroxyl groups is 1. The van der Waals surface area contributed by atoms with Crippen molar-refractivity contribution in [3.05, 3.63) is 53.2 Å². The van der Waals surface area contributed by atoms with Crippen molar-refractivity contribution in [1.29, 1.82) is 0 Å². The third-order valence-corrected chi connectivity index (χ3v) is 6.15. The minimum atomic E-state index is -0.0297. The molecular formula is C26H35N3O3. The topological polar surface area (TPSA) is 59.2 Å². The first kappa shape index (κ1) is 22.8. The number of hydrogen-bond donors (Lipinski definition) is 1. The predicted molar refractivity (Wildman–Crippen MR) is 128 cm³/mol. The molecule has 4 rings (SSSR count). The number of aromatic nitrogens is 2. The lowest BCUT2D eigenvalue weighted by atomic mass is 10.0. The van der Waals surface area contributed by atoms with Crippen LogP contribution in [-0.4, -0.2) is 47.6 Å². The molecule has 32 heavy (non-hydrogen) atoms. The molecule has 0 bridgehead atoms. The van der Waals surface area contributed by atoms with Crippen LogP contribution in [0, 0.1) is 0 Å². The van der Waals surface area contributed by atoms with Crippen molar-refractivity contribution in [3.63, 3.8) is 0 Å². The summed E-state index contributed by atoms with van der Waals surface area (Å²) < 4.78 is 13.7. The summed E-state index contributed by atoms with van der Waals surface area (Å²) in [6, 6.07) is 12.6. The molecule has 172 valence electrons. The maximum Gasteiger partial charge on any atom is 0.150 e. The number of aryl methyl sites for hydroxylation is 1. The summed E-state index contributed by atoms with van der Waals surface area (Å²) in [7, 11) is 0. The van der Waals surface area contributed by atoms with Crippen molar-refractivity contribution >= 4 is 11.3 Å². The van der Waals surface area contributed by atoms with Crippen LogP contribution < -0.4 is 4.90 Å². The summed E-state index contributed by atoms with van der Waals surface area (Å²) in [6.45, 7) is 8.65. The maximum atomic E-state index is 10.5. The zero-order valence-electron chi connectivity index (χ0n) is 19.3. The summed E-state index contributed by atoms with van der Waals surface area (Å²) in [6.07, 6.45) is 4.04. The highest BCUT2D eigenvalue weighted by molar-refractivity contribution is 5.86. The van der Waals surface area contributed by atoms with Gasteiger partial charge in [0.05, 0.1) is 31.9 Å². The van der Waals surface area contributed by atoms with Gasteiger partial charge in [0.1, 0.15) is 5.82 Å². The van der Waals surface area contributed by atoms with Crippen LogP contribution in [0.3, 0.4) is 0 Å². The van der Waals surface area contributed by atoms with E-state index in [2.05, 4.69) is 53.6 Å². The minimum Gasteiger partial charge on any atom is -0.392 e. The van der Waals surface area contributed by atoms with E-state index in [0.29, 0.717) is 19.8 Å². The lowest BCUT2D eigenvalue weighted by Crippen LogP contribution is -2.37. The van der Waals surface area contributed by atoms with Gasteiger partial charge in [-0.3, -0.25) is 0 Å². The second kappa shape index (κ2) is 10.9. The highest BCUT2D eigenvalue weighted by Gasteiger charge is 2.24. The summed E-state index contributed by atoms with van der Waals surface area (Å²) >= 11 is 0. The number of fused-ring (bicyclic) bond motifs is 1. The first-order valence-corrected chi connectivity index (χ1v) is 11.9. The zero-order valence-corrected chi connectivity index (χ0v) is 19.3. The Balaban J connectivity index is 1.91. The van der Waals surface area contributed by atoms with Crippen molar-refractivity contribution in [1.82, 2.24) is 9.61 Å². The van der Waals surface area contributed by atoms with Crippen LogP contribution in [0.2, 0.25) is 0 Å². The number of hydrogen-bond acceptors (Lipinski definition) is 5. The molecule has 0 radical (unpaired) electrons. The molecule has 3 aromatic rings. The Labute approximate surface area is 190 Å². The second-order valence-electron chi connectivity index (χ2n) is 8.36. The molecule has 2 aromatic heterocycles. The Hall–Kier alpha value is -2.41. The van der Waals surface area contributed by atoms with Crippen LogP contribution in [0.15, 0.2) is 36.4 Å². The normalized spacial score (nSPS) is 14.4. The van der Waals surface area contributed by atoms with E-state index in [1.54, 1.807) is 0 Å². The average Bonchev–Trinajstić information content (AvgIpc) is 3.15. The Morgan fingerprint density at radius 3 is 2.53 bits per heavy atom. The lowest BCUT2D eigenvalue weighted by molar-refractivity contribution is 0.116. The van der Waals surface area contributed by atoms with E-state index >= 15 is 0 Å². The predicted octanol–water partition coefficient (Wildman–Crippen LogP) is 4.60. The van der Waals surface area contributed by atoms with Gasteiger partial charge in [-0.2, -0.15) is 5.10 Å². The molecule has 6 nitrogen and oxygen atoms in total. The molecule has 0 spiro atoms. The van der Waals surface area contributed by atoms with Crippen LogP contribution >= 0.6 is 0 Å². The van der Waals surface area contributed by atoms with Crippen LogP contribution in [0.4, 0.5) is 5.82 Å². The van der Waals surface area contributed by atoms with E-state index in [0.717, 1.165) is 84.7 Å². The van der Waals surface area contributed by atoms with E-state index in [1.807, 2.05) is 6.07 Å². The lowest BCUT2D eigenvalue weighted by Gasteiger charge is -2.28. The number of ether oxygens (including phenoxy) is 2. The van der Waals surface area contributed by atoms with Gasteiger partial charge in [-0.15, -0.1) is 0 Å². The average molecular weight is 438 g/mol. The first-order chi connectivity index (χ1) is 15.8. The molecule has 1 N–H and O–H groups in total. The summed E-state index contributed by atoms with van der Waals surface area (Å²) in [5.41, 5.74) is 6.40. The summed E-state index contributed by atoms with van der Waals surface area (Å²) in [5, 5.41) is 15.6. The van der Waals surface area contributed by atoms with Crippen molar-refractivity contribution in [2.24, 2.45) is 0 Å². The third-order valence-electron chi connectivity index (χ3n) is 6.15. The fourth-order valence-electron chi connectivity index (χ4n) is 4.46. The highest BCUT2D eigenvalue weighted by atomic mass is 16.5. The Kier molecular flexibility index (Phi) is 7.79. The zero-order chi connectivity index (χ0) is 22.3. The molecule has 6 heteroatoms. The molecular weight excluding hydrogens is 402 g/mol. The molecule has 1 aromatic carbocycles. The Morgan fingerprint density at radius 2 is 1.84 bits per heavy atom. The van der Waals surface area contributed by atoms with Gasteiger partial charge in [-0.05, 0) is 24.5 Å². The van der Waals surface area contributed by atoms with E-state index in [1.165, 1.54) is 0 Å². The van der Waals surface area contributed by atoms with E-state index in [-0.39, 0.29) is 6.61 Å².